The lowest BCUT2D eigenvalue weighted by molar-refractivity contribution is 0.473. The SMILES string of the molecule is CCNC(CCCc1cccs1)Cc1ccccn1. The molecule has 0 aromatic carbocycles. The number of aryl methyl sites for hydroxylation is 1. The van der Waals surface area contributed by atoms with Gasteiger partial charge >= 0.3 is 0 Å². The van der Waals surface area contributed by atoms with E-state index in [1.165, 1.54) is 29.8 Å². The maximum atomic E-state index is 4.42. The smallest absolute Gasteiger partial charge is 0.0419 e. The van der Waals surface area contributed by atoms with Crippen molar-refractivity contribution in [2.24, 2.45) is 0 Å². The average Bonchev–Trinajstić information content (AvgIpc) is 2.93. The van der Waals surface area contributed by atoms with Crippen molar-refractivity contribution < 1.29 is 0 Å². The van der Waals surface area contributed by atoms with Gasteiger partial charge in [0, 0.05) is 29.2 Å². The zero-order chi connectivity index (χ0) is 13.3. The van der Waals surface area contributed by atoms with Crippen molar-refractivity contribution in [1.29, 1.82) is 0 Å². The first-order valence-corrected chi connectivity index (χ1v) is 7.92. The summed E-state index contributed by atoms with van der Waals surface area (Å²) in [4.78, 5) is 5.91. The van der Waals surface area contributed by atoms with E-state index in [1.54, 1.807) is 0 Å². The minimum Gasteiger partial charge on any atom is -0.314 e. The monoisotopic (exact) mass is 274 g/mol. The predicted molar refractivity (Wildman–Crippen MR) is 82.7 cm³/mol. The van der Waals surface area contributed by atoms with Gasteiger partial charge in [0.15, 0.2) is 0 Å². The van der Waals surface area contributed by atoms with Gasteiger partial charge < -0.3 is 5.32 Å². The van der Waals surface area contributed by atoms with Gasteiger partial charge in [-0.3, -0.25) is 4.98 Å². The highest BCUT2D eigenvalue weighted by molar-refractivity contribution is 7.09. The van der Waals surface area contributed by atoms with Crippen LogP contribution in [0.1, 0.15) is 30.3 Å². The van der Waals surface area contributed by atoms with Gasteiger partial charge in [-0.1, -0.05) is 19.1 Å². The minimum atomic E-state index is 0.542. The van der Waals surface area contributed by atoms with Crippen LogP contribution in [0, 0.1) is 0 Å². The van der Waals surface area contributed by atoms with Crippen molar-refractivity contribution in [3.05, 3.63) is 52.5 Å². The first-order valence-electron chi connectivity index (χ1n) is 7.04. The first-order chi connectivity index (χ1) is 9.38. The summed E-state index contributed by atoms with van der Waals surface area (Å²) in [7, 11) is 0. The molecule has 2 aromatic rings. The number of likely N-dealkylation sites (N-methyl/N-ethyl adjacent to an activating group) is 1. The largest absolute Gasteiger partial charge is 0.314 e. The molecule has 1 N–H and O–H groups in total. The van der Waals surface area contributed by atoms with E-state index < -0.39 is 0 Å². The molecule has 0 saturated carbocycles. The lowest BCUT2D eigenvalue weighted by Crippen LogP contribution is -2.31. The summed E-state index contributed by atoms with van der Waals surface area (Å²) in [5.41, 5.74) is 1.18. The molecule has 0 aliphatic heterocycles. The van der Waals surface area contributed by atoms with E-state index in [0.29, 0.717) is 6.04 Å². The molecule has 0 fully saturated rings. The summed E-state index contributed by atoms with van der Waals surface area (Å²) < 4.78 is 0. The Kier molecular flexibility index (Phi) is 6.05. The van der Waals surface area contributed by atoms with E-state index >= 15 is 0 Å². The quantitative estimate of drug-likeness (QED) is 0.794. The Morgan fingerprint density at radius 3 is 2.89 bits per heavy atom. The summed E-state index contributed by atoms with van der Waals surface area (Å²) in [5, 5.41) is 5.73. The third kappa shape index (κ3) is 5.13. The summed E-state index contributed by atoms with van der Waals surface area (Å²) in [6, 6.07) is 11.1. The number of rotatable bonds is 8. The summed E-state index contributed by atoms with van der Waals surface area (Å²) in [6.07, 6.45) is 6.55. The van der Waals surface area contributed by atoms with Crippen LogP contribution < -0.4 is 5.32 Å². The lowest BCUT2D eigenvalue weighted by Gasteiger charge is -2.17. The van der Waals surface area contributed by atoms with Gasteiger partial charge in [0.25, 0.3) is 0 Å². The number of aromatic nitrogens is 1. The van der Waals surface area contributed by atoms with Crippen LogP contribution in [0.5, 0.6) is 0 Å². The van der Waals surface area contributed by atoms with Crippen LogP contribution in [0.4, 0.5) is 0 Å². The second-order valence-corrected chi connectivity index (χ2v) is 5.78. The molecule has 2 rings (SSSR count). The molecule has 19 heavy (non-hydrogen) atoms. The fraction of sp³-hybridized carbons (Fsp3) is 0.438. The van der Waals surface area contributed by atoms with Gasteiger partial charge in [0.2, 0.25) is 0 Å². The van der Waals surface area contributed by atoms with Crippen LogP contribution in [0.3, 0.4) is 0 Å². The van der Waals surface area contributed by atoms with Gasteiger partial charge in [-0.15, -0.1) is 11.3 Å². The van der Waals surface area contributed by atoms with Gasteiger partial charge in [-0.05, 0) is 49.4 Å². The number of thiophene rings is 1. The van der Waals surface area contributed by atoms with E-state index in [0.717, 1.165) is 13.0 Å². The summed E-state index contributed by atoms with van der Waals surface area (Å²) in [5.74, 6) is 0. The van der Waals surface area contributed by atoms with E-state index in [9.17, 15) is 0 Å². The number of nitrogens with zero attached hydrogens (tertiary/aromatic N) is 1. The average molecular weight is 274 g/mol. The molecule has 0 saturated heterocycles. The molecule has 0 radical (unpaired) electrons. The first kappa shape index (κ1) is 14.2. The molecule has 0 aliphatic carbocycles. The molecule has 0 amide bonds. The molecule has 0 aliphatic rings. The Morgan fingerprint density at radius 2 is 2.21 bits per heavy atom. The van der Waals surface area contributed by atoms with Crippen LogP contribution in [-0.2, 0) is 12.8 Å². The highest BCUT2D eigenvalue weighted by Crippen LogP contribution is 2.14. The molecule has 3 heteroatoms. The zero-order valence-corrected chi connectivity index (χ0v) is 12.3. The van der Waals surface area contributed by atoms with E-state index in [4.69, 9.17) is 0 Å². The van der Waals surface area contributed by atoms with Crippen molar-refractivity contribution in [1.82, 2.24) is 10.3 Å². The fourth-order valence-electron chi connectivity index (χ4n) is 2.31. The zero-order valence-electron chi connectivity index (χ0n) is 11.5. The fourth-order valence-corrected chi connectivity index (χ4v) is 3.07. The highest BCUT2D eigenvalue weighted by Gasteiger charge is 2.09. The van der Waals surface area contributed by atoms with Crippen molar-refractivity contribution in [3.63, 3.8) is 0 Å². The van der Waals surface area contributed by atoms with Crippen molar-refractivity contribution in [3.8, 4) is 0 Å². The van der Waals surface area contributed by atoms with Crippen LogP contribution in [-0.4, -0.2) is 17.6 Å². The Balaban J connectivity index is 1.79. The molecular formula is C16H22N2S. The minimum absolute atomic E-state index is 0.542. The van der Waals surface area contributed by atoms with Crippen LogP contribution in [0.2, 0.25) is 0 Å². The van der Waals surface area contributed by atoms with Crippen LogP contribution in [0.15, 0.2) is 41.9 Å². The van der Waals surface area contributed by atoms with Crippen LogP contribution >= 0.6 is 11.3 Å². The molecule has 0 spiro atoms. The third-order valence-electron chi connectivity index (χ3n) is 3.23. The summed E-state index contributed by atoms with van der Waals surface area (Å²) in [6.45, 7) is 3.20. The Labute approximate surface area is 119 Å². The van der Waals surface area contributed by atoms with Crippen molar-refractivity contribution >= 4 is 11.3 Å². The van der Waals surface area contributed by atoms with E-state index in [-0.39, 0.29) is 0 Å². The van der Waals surface area contributed by atoms with Crippen molar-refractivity contribution in [2.45, 2.75) is 38.6 Å². The normalized spacial score (nSPS) is 12.5. The van der Waals surface area contributed by atoms with E-state index in [2.05, 4.69) is 46.9 Å². The standard InChI is InChI=1S/C16H22N2S/c1-2-17-14(13-15-7-3-4-11-18-15)8-5-9-16-10-6-12-19-16/h3-4,6-7,10-12,14,17H,2,5,8-9,13H2,1H3. The molecule has 0 bridgehead atoms. The highest BCUT2D eigenvalue weighted by atomic mass is 32.1. The van der Waals surface area contributed by atoms with Crippen molar-refractivity contribution in [2.75, 3.05) is 6.54 Å². The Bertz CT molecular complexity index is 439. The predicted octanol–water partition coefficient (Wildman–Crippen LogP) is 3.69. The molecule has 2 heterocycles. The number of hydrogen-bond donors (Lipinski definition) is 1. The van der Waals surface area contributed by atoms with Crippen LogP contribution in [0.25, 0.3) is 0 Å². The second kappa shape index (κ2) is 8.08. The molecular weight excluding hydrogens is 252 g/mol. The Morgan fingerprint density at radius 1 is 1.26 bits per heavy atom. The van der Waals surface area contributed by atoms with Gasteiger partial charge in [0.05, 0.1) is 0 Å². The number of nitrogens with one attached hydrogen (secondary N) is 1. The molecule has 102 valence electrons. The molecule has 2 nitrogen and oxygen atoms in total. The maximum absolute atomic E-state index is 4.42. The molecule has 1 unspecified atom stereocenters. The number of pyridine rings is 1. The van der Waals surface area contributed by atoms with Gasteiger partial charge in [0.1, 0.15) is 0 Å². The lowest BCUT2D eigenvalue weighted by atomic mass is 10.0. The number of hydrogen-bond acceptors (Lipinski definition) is 3. The Hall–Kier alpha value is -1.19. The van der Waals surface area contributed by atoms with E-state index in [1.807, 2.05) is 23.6 Å². The topological polar surface area (TPSA) is 24.9 Å². The second-order valence-electron chi connectivity index (χ2n) is 4.75. The molecule has 1 atom stereocenters. The maximum Gasteiger partial charge on any atom is 0.0419 e. The molecule has 2 aromatic heterocycles. The third-order valence-corrected chi connectivity index (χ3v) is 4.17. The summed E-state index contributed by atoms with van der Waals surface area (Å²) >= 11 is 1.86. The van der Waals surface area contributed by atoms with Gasteiger partial charge in [-0.2, -0.15) is 0 Å². The van der Waals surface area contributed by atoms with Gasteiger partial charge in [-0.25, -0.2) is 0 Å².